The molecule has 0 radical (unpaired) electrons. The van der Waals surface area contributed by atoms with E-state index in [9.17, 15) is 14.9 Å². The van der Waals surface area contributed by atoms with Crippen molar-refractivity contribution in [1.82, 2.24) is 5.43 Å². The summed E-state index contributed by atoms with van der Waals surface area (Å²) in [5.41, 5.74) is 3.12. The molecule has 5 atom stereocenters. The van der Waals surface area contributed by atoms with Gasteiger partial charge >= 0.3 is 0 Å². The number of nitro benzene ring substituents is 1. The minimum absolute atomic E-state index is 0.0167. The van der Waals surface area contributed by atoms with E-state index >= 15 is 0 Å². The van der Waals surface area contributed by atoms with Crippen molar-refractivity contribution in [2.45, 2.75) is 106 Å². The van der Waals surface area contributed by atoms with Gasteiger partial charge in [-0.2, -0.15) is 5.10 Å². The quantitative estimate of drug-likeness (QED) is 0.378. The monoisotopic (exact) mass is 501 g/mol. The molecule has 11 heteroatoms. The summed E-state index contributed by atoms with van der Waals surface area (Å²) in [6.45, 7) is 0. The molecule has 0 unspecified atom stereocenters. The maximum Gasteiger partial charge on any atom is 0.272 e. The van der Waals surface area contributed by atoms with Crippen LogP contribution in [0.25, 0.3) is 0 Å². The van der Waals surface area contributed by atoms with E-state index < -0.39 is 53.1 Å². The molecule has 5 fully saturated rings. The SMILES string of the molecule is O=C(N/N=C\c1ccc([N+](=O)[O-])cc1)[C@@H]1O[C@H]2OC3(CCCCC3)O[C@@H]2[C@H]2OC3(CCCCC3)O[C@H]21. The van der Waals surface area contributed by atoms with E-state index in [-0.39, 0.29) is 5.69 Å². The van der Waals surface area contributed by atoms with Crippen LogP contribution in [-0.2, 0) is 28.5 Å². The largest absolute Gasteiger partial charge is 0.341 e. The van der Waals surface area contributed by atoms with Crippen LogP contribution in [0, 0.1) is 10.1 Å². The molecule has 3 saturated heterocycles. The van der Waals surface area contributed by atoms with Gasteiger partial charge in [-0.3, -0.25) is 14.9 Å². The molecule has 5 aliphatic rings. The van der Waals surface area contributed by atoms with Gasteiger partial charge in [-0.1, -0.05) is 12.8 Å². The first-order chi connectivity index (χ1) is 17.5. The second-order valence-electron chi connectivity index (χ2n) is 10.3. The lowest BCUT2D eigenvalue weighted by Crippen LogP contribution is -2.59. The highest BCUT2D eigenvalue weighted by Gasteiger charge is 2.65. The molecule has 2 spiro atoms. The molecule has 194 valence electrons. The van der Waals surface area contributed by atoms with Crippen LogP contribution in [0.2, 0.25) is 0 Å². The number of hydrazone groups is 1. The summed E-state index contributed by atoms with van der Waals surface area (Å²) >= 11 is 0. The Bertz CT molecular complexity index is 1020. The van der Waals surface area contributed by atoms with Gasteiger partial charge in [0.25, 0.3) is 11.6 Å². The first-order valence-corrected chi connectivity index (χ1v) is 12.9. The third-order valence-corrected chi connectivity index (χ3v) is 7.86. The lowest BCUT2D eigenvalue weighted by atomic mass is 9.94. The molecule has 36 heavy (non-hydrogen) atoms. The van der Waals surface area contributed by atoms with Gasteiger partial charge in [-0.25, -0.2) is 5.43 Å². The van der Waals surface area contributed by atoms with Gasteiger partial charge in [0.15, 0.2) is 24.0 Å². The van der Waals surface area contributed by atoms with Gasteiger partial charge < -0.3 is 23.7 Å². The van der Waals surface area contributed by atoms with E-state index in [0.29, 0.717) is 5.56 Å². The fourth-order valence-corrected chi connectivity index (χ4v) is 6.08. The highest BCUT2D eigenvalue weighted by atomic mass is 16.9. The van der Waals surface area contributed by atoms with Crippen molar-refractivity contribution in [3.8, 4) is 0 Å². The van der Waals surface area contributed by atoms with E-state index in [1.54, 1.807) is 12.1 Å². The number of nitrogens with one attached hydrogen (secondary N) is 1. The number of benzene rings is 1. The molecule has 1 amide bonds. The third kappa shape index (κ3) is 4.43. The van der Waals surface area contributed by atoms with Gasteiger partial charge in [0.05, 0.1) is 11.1 Å². The molecule has 1 aromatic carbocycles. The number of carbonyl (C=O) groups excluding carboxylic acids is 1. The predicted molar refractivity (Wildman–Crippen MR) is 125 cm³/mol. The zero-order valence-electron chi connectivity index (χ0n) is 20.0. The molecule has 1 N–H and O–H groups in total. The van der Waals surface area contributed by atoms with Gasteiger partial charge in [0.2, 0.25) is 0 Å². The van der Waals surface area contributed by atoms with E-state index in [1.807, 2.05) is 0 Å². The van der Waals surface area contributed by atoms with Gasteiger partial charge in [-0.05, 0) is 43.4 Å². The number of nitro groups is 1. The van der Waals surface area contributed by atoms with Crippen LogP contribution in [0.5, 0.6) is 0 Å². The van der Waals surface area contributed by atoms with Crippen molar-refractivity contribution in [2.75, 3.05) is 0 Å². The average molecular weight is 502 g/mol. The van der Waals surface area contributed by atoms with Crippen LogP contribution in [0.1, 0.15) is 69.8 Å². The Labute approximate surface area is 208 Å². The van der Waals surface area contributed by atoms with E-state index in [0.717, 1.165) is 64.2 Å². The Morgan fingerprint density at radius 3 is 2.11 bits per heavy atom. The number of amides is 1. The van der Waals surface area contributed by atoms with E-state index in [1.165, 1.54) is 18.3 Å². The number of hydrogen-bond acceptors (Lipinski definition) is 9. The minimum atomic E-state index is -0.978. The van der Waals surface area contributed by atoms with Crippen LogP contribution in [-0.4, -0.2) is 59.3 Å². The number of rotatable bonds is 4. The van der Waals surface area contributed by atoms with Crippen molar-refractivity contribution in [3.63, 3.8) is 0 Å². The van der Waals surface area contributed by atoms with Gasteiger partial charge in [0, 0.05) is 37.8 Å². The number of carbonyl (C=O) groups is 1. The number of non-ortho nitro benzene ring substituents is 1. The molecule has 2 saturated carbocycles. The maximum absolute atomic E-state index is 13.2. The maximum atomic E-state index is 13.2. The zero-order valence-corrected chi connectivity index (χ0v) is 20.0. The smallest absolute Gasteiger partial charge is 0.272 e. The first-order valence-electron chi connectivity index (χ1n) is 12.9. The lowest BCUT2D eigenvalue weighted by molar-refractivity contribution is -0.384. The van der Waals surface area contributed by atoms with Crippen LogP contribution in [0.15, 0.2) is 29.4 Å². The van der Waals surface area contributed by atoms with E-state index in [4.69, 9.17) is 23.7 Å². The summed E-state index contributed by atoms with van der Waals surface area (Å²) in [6, 6.07) is 5.87. The Kier molecular flexibility index (Phi) is 6.29. The molecule has 0 aromatic heterocycles. The highest BCUT2D eigenvalue weighted by molar-refractivity contribution is 5.85. The first kappa shape index (κ1) is 23.9. The molecular weight excluding hydrogens is 470 g/mol. The number of hydrogen-bond donors (Lipinski definition) is 1. The van der Waals surface area contributed by atoms with Gasteiger partial charge in [-0.15, -0.1) is 0 Å². The second kappa shape index (κ2) is 9.46. The third-order valence-electron chi connectivity index (χ3n) is 7.86. The Morgan fingerprint density at radius 1 is 0.889 bits per heavy atom. The van der Waals surface area contributed by atoms with Crippen LogP contribution in [0.4, 0.5) is 5.69 Å². The van der Waals surface area contributed by atoms with Crippen LogP contribution >= 0.6 is 0 Å². The van der Waals surface area contributed by atoms with E-state index in [2.05, 4.69) is 10.5 Å². The topological polar surface area (TPSA) is 131 Å². The predicted octanol–water partition coefficient (Wildman–Crippen LogP) is 3.29. The Morgan fingerprint density at radius 2 is 1.47 bits per heavy atom. The van der Waals surface area contributed by atoms with Crippen molar-refractivity contribution in [3.05, 3.63) is 39.9 Å². The average Bonchev–Trinajstić information content (AvgIpc) is 3.42. The highest BCUT2D eigenvalue weighted by Crippen LogP contribution is 2.50. The molecule has 3 aliphatic heterocycles. The molecule has 0 bridgehead atoms. The van der Waals surface area contributed by atoms with Crippen molar-refractivity contribution >= 4 is 17.8 Å². The van der Waals surface area contributed by atoms with Crippen molar-refractivity contribution in [2.24, 2.45) is 5.10 Å². The molecule has 6 rings (SSSR count). The normalized spacial score (nSPS) is 34.5. The summed E-state index contributed by atoms with van der Waals surface area (Å²) < 4.78 is 32.0. The van der Waals surface area contributed by atoms with Crippen LogP contribution in [0.3, 0.4) is 0 Å². The van der Waals surface area contributed by atoms with Crippen molar-refractivity contribution in [1.29, 1.82) is 0 Å². The molecular formula is C25H31N3O8. The lowest BCUT2D eigenvalue weighted by Gasteiger charge is -2.36. The molecule has 1 aromatic rings. The molecule has 3 heterocycles. The fraction of sp³-hybridized carbons (Fsp3) is 0.680. The zero-order chi connectivity index (χ0) is 24.8. The number of ether oxygens (including phenoxy) is 5. The molecule has 2 aliphatic carbocycles. The summed E-state index contributed by atoms with van der Waals surface area (Å²) in [6.07, 6.45) is 7.64. The van der Waals surface area contributed by atoms with Gasteiger partial charge in [0.1, 0.15) is 18.3 Å². The summed E-state index contributed by atoms with van der Waals surface area (Å²) in [5, 5.41) is 14.9. The van der Waals surface area contributed by atoms with Crippen LogP contribution < -0.4 is 5.43 Å². The minimum Gasteiger partial charge on any atom is -0.341 e. The van der Waals surface area contributed by atoms with Crippen molar-refractivity contribution < 1.29 is 33.4 Å². The summed E-state index contributed by atoms with van der Waals surface area (Å²) in [4.78, 5) is 23.6. The summed E-state index contributed by atoms with van der Waals surface area (Å²) in [5.74, 6) is -1.88. The Hall–Kier alpha value is -2.44. The standard InChI is InChI=1S/C25H31N3O8/c29-22(27-26-15-16-7-9-17(10-8-16)28(30)31)20-18-19(34-24(33-18)11-3-1-4-12-24)21-23(32-20)36-25(35-21)13-5-2-6-14-25/h7-10,15,18-21,23H,1-6,11-14H2,(H,27,29)/b26-15-/t18-,19+,20-,21-,23+/m1/s1. The second-order valence-corrected chi connectivity index (χ2v) is 10.3. The molecule has 11 nitrogen and oxygen atoms in total. The number of fused-ring (bicyclic) bond motifs is 3. The Balaban J connectivity index is 1.19. The fourth-order valence-electron chi connectivity index (χ4n) is 6.08. The number of nitrogens with zero attached hydrogens (tertiary/aromatic N) is 2. The summed E-state index contributed by atoms with van der Waals surface area (Å²) in [7, 11) is 0.